The normalized spacial score (nSPS) is 12.5. The van der Waals surface area contributed by atoms with Crippen LogP contribution in [0.25, 0.3) is 11.0 Å². The second-order valence-electron chi connectivity index (χ2n) is 5.13. The molecule has 1 unspecified atom stereocenters. The van der Waals surface area contributed by atoms with Crippen LogP contribution in [0.2, 0.25) is 0 Å². The molecule has 0 spiro atoms. The van der Waals surface area contributed by atoms with Crippen LogP contribution in [0.15, 0.2) is 41.3 Å². The lowest BCUT2D eigenvalue weighted by Crippen LogP contribution is -2.28. The number of aliphatic hydroxyl groups excluding tert-OH is 1. The second kappa shape index (κ2) is 5.98. The zero-order valence-electron chi connectivity index (χ0n) is 12.2. The van der Waals surface area contributed by atoms with Crippen LogP contribution in [0.4, 0.5) is 5.95 Å². The summed E-state index contributed by atoms with van der Waals surface area (Å²) in [6.45, 7) is -0.0674. The maximum atomic E-state index is 12.0. The van der Waals surface area contributed by atoms with Crippen molar-refractivity contribution in [2.24, 2.45) is 7.05 Å². The number of fused-ring (bicyclic) bond motifs is 1. The summed E-state index contributed by atoms with van der Waals surface area (Å²) in [6.07, 6.45) is 2.11. The Hall–Kier alpha value is -2.67. The summed E-state index contributed by atoms with van der Waals surface area (Å²) in [5, 5.41) is 17.1. The van der Waals surface area contributed by atoms with E-state index in [4.69, 9.17) is 0 Å². The summed E-state index contributed by atoms with van der Waals surface area (Å²) in [5.41, 5.74) is 1.35. The lowest BCUT2D eigenvalue weighted by atomic mass is 10.1. The number of benzene rings is 1. The van der Waals surface area contributed by atoms with Crippen molar-refractivity contribution in [3.63, 3.8) is 0 Å². The van der Waals surface area contributed by atoms with Crippen molar-refractivity contribution in [3.05, 3.63) is 52.4 Å². The zero-order valence-corrected chi connectivity index (χ0v) is 12.2. The average Bonchev–Trinajstić information content (AvgIpc) is 2.90. The predicted molar refractivity (Wildman–Crippen MR) is 83.8 cm³/mol. The van der Waals surface area contributed by atoms with E-state index in [9.17, 15) is 9.90 Å². The Morgan fingerprint density at radius 1 is 1.36 bits per heavy atom. The number of hydrogen-bond acceptors (Lipinski definition) is 5. The van der Waals surface area contributed by atoms with E-state index in [2.05, 4.69) is 20.4 Å². The number of aromatic amines is 1. The fourth-order valence-electron chi connectivity index (χ4n) is 2.35. The van der Waals surface area contributed by atoms with E-state index < -0.39 is 0 Å². The van der Waals surface area contributed by atoms with Gasteiger partial charge in [-0.3, -0.25) is 14.5 Å². The summed E-state index contributed by atoms with van der Waals surface area (Å²) in [7, 11) is 1.73. The molecule has 3 rings (SSSR count). The Kier molecular flexibility index (Phi) is 3.88. The molecule has 2 aromatic heterocycles. The Morgan fingerprint density at radius 2 is 2.14 bits per heavy atom. The molecule has 0 fully saturated rings. The molecular weight excluding hydrogens is 282 g/mol. The van der Waals surface area contributed by atoms with E-state index in [1.165, 1.54) is 6.20 Å². The van der Waals surface area contributed by atoms with Crippen LogP contribution < -0.4 is 10.9 Å². The highest BCUT2D eigenvalue weighted by Gasteiger charge is 2.12. The predicted octanol–water partition coefficient (Wildman–Crippen LogP) is 0.672. The molecule has 7 nitrogen and oxygen atoms in total. The molecule has 3 aromatic rings. The number of aromatic nitrogens is 4. The first-order valence-electron chi connectivity index (χ1n) is 7.00. The van der Waals surface area contributed by atoms with E-state index in [-0.39, 0.29) is 18.2 Å². The van der Waals surface area contributed by atoms with Crippen LogP contribution in [-0.2, 0) is 13.5 Å². The molecule has 0 aliphatic heterocycles. The van der Waals surface area contributed by atoms with Gasteiger partial charge in [0.1, 0.15) is 5.39 Å². The van der Waals surface area contributed by atoms with Gasteiger partial charge in [-0.05, 0) is 12.0 Å². The van der Waals surface area contributed by atoms with Gasteiger partial charge >= 0.3 is 0 Å². The average molecular weight is 299 g/mol. The Bertz CT molecular complexity index is 825. The lowest BCUT2D eigenvalue weighted by Gasteiger charge is -2.16. The number of hydrogen-bond donors (Lipinski definition) is 3. The molecule has 0 saturated carbocycles. The molecule has 22 heavy (non-hydrogen) atoms. The van der Waals surface area contributed by atoms with Crippen LogP contribution in [-0.4, -0.2) is 37.5 Å². The number of nitrogens with one attached hydrogen (secondary N) is 2. The second-order valence-corrected chi connectivity index (χ2v) is 5.13. The van der Waals surface area contributed by atoms with Crippen LogP contribution in [0, 0.1) is 0 Å². The molecule has 0 amide bonds. The quantitative estimate of drug-likeness (QED) is 0.643. The van der Waals surface area contributed by atoms with Crippen molar-refractivity contribution in [2.75, 3.05) is 11.9 Å². The molecule has 0 bridgehead atoms. The number of anilines is 1. The molecule has 2 heterocycles. The summed E-state index contributed by atoms with van der Waals surface area (Å²) in [4.78, 5) is 19.0. The van der Waals surface area contributed by atoms with Gasteiger partial charge in [-0.15, -0.1) is 0 Å². The van der Waals surface area contributed by atoms with Crippen LogP contribution in [0.3, 0.4) is 0 Å². The first-order chi connectivity index (χ1) is 10.7. The third kappa shape index (κ3) is 2.84. The molecule has 114 valence electrons. The van der Waals surface area contributed by atoms with E-state index in [1.807, 2.05) is 30.3 Å². The third-order valence-electron chi connectivity index (χ3n) is 3.49. The van der Waals surface area contributed by atoms with Crippen LogP contribution >= 0.6 is 0 Å². The van der Waals surface area contributed by atoms with Gasteiger partial charge in [-0.25, -0.2) is 0 Å². The topological polar surface area (TPSA) is 95.8 Å². The van der Waals surface area contributed by atoms with Gasteiger partial charge in [0, 0.05) is 7.05 Å². The van der Waals surface area contributed by atoms with Gasteiger partial charge in [0.15, 0.2) is 5.65 Å². The minimum absolute atomic E-state index is 0.0674. The highest BCUT2D eigenvalue weighted by molar-refractivity contribution is 5.74. The molecular formula is C15H17N5O2. The highest BCUT2D eigenvalue weighted by atomic mass is 16.3. The highest BCUT2D eigenvalue weighted by Crippen LogP contribution is 2.10. The number of H-pyrrole nitrogens is 1. The monoisotopic (exact) mass is 299 g/mol. The maximum Gasteiger partial charge on any atom is 0.263 e. The van der Waals surface area contributed by atoms with Crippen LogP contribution in [0.1, 0.15) is 5.56 Å². The van der Waals surface area contributed by atoms with E-state index >= 15 is 0 Å². The molecule has 0 aliphatic rings. The molecule has 0 aliphatic carbocycles. The van der Waals surface area contributed by atoms with E-state index in [0.717, 1.165) is 5.56 Å². The largest absolute Gasteiger partial charge is 0.394 e. The number of rotatable bonds is 5. The zero-order chi connectivity index (χ0) is 15.5. The number of aliphatic hydroxyl groups is 1. The van der Waals surface area contributed by atoms with E-state index in [1.54, 1.807) is 11.7 Å². The smallest absolute Gasteiger partial charge is 0.263 e. The fourth-order valence-corrected chi connectivity index (χ4v) is 2.35. The Morgan fingerprint density at radius 3 is 2.86 bits per heavy atom. The summed E-state index contributed by atoms with van der Waals surface area (Å²) >= 11 is 0. The number of aryl methyl sites for hydroxylation is 1. The van der Waals surface area contributed by atoms with Gasteiger partial charge in [0.25, 0.3) is 5.56 Å². The van der Waals surface area contributed by atoms with Crippen molar-refractivity contribution in [1.82, 2.24) is 19.7 Å². The SMILES string of the molecule is Cn1ncc2c(=O)[nH]c(NC(CO)Cc3ccccc3)nc21. The van der Waals surface area contributed by atoms with Gasteiger partial charge in [-0.1, -0.05) is 30.3 Å². The Balaban J connectivity index is 1.84. The van der Waals surface area contributed by atoms with Gasteiger partial charge in [0.05, 0.1) is 18.8 Å². The van der Waals surface area contributed by atoms with Crippen LogP contribution in [0.5, 0.6) is 0 Å². The maximum absolute atomic E-state index is 12.0. The van der Waals surface area contributed by atoms with Gasteiger partial charge in [0.2, 0.25) is 5.95 Å². The Labute approximate surface area is 126 Å². The molecule has 7 heteroatoms. The fraction of sp³-hybridized carbons (Fsp3) is 0.267. The molecule has 0 saturated heterocycles. The summed E-state index contributed by atoms with van der Waals surface area (Å²) in [5.74, 6) is 0.330. The number of nitrogens with zero attached hydrogens (tertiary/aromatic N) is 3. The minimum atomic E-state index is -0.253. The summed E-state index contributed by atoms with van der Waals surface area (Å²) < 4.78 is 1.54. The third-order valence-corrected chi connectivity index (χ3v) is 3.49. The lowest BCUT2D eigenvalue weighted by molar-refractivity contribution is 0.273. The van der Waals surface area contributed by atoms with Crippen molar-refractivity contribution in [2.45, 2.75) is 12.5 Å². The van der Waals surface area contributed by atoms with Gasteiger partial charge in [-0.2, -0.15) is 10.1 Å². The molecule has 1 aromatic carbocycles. The van der Waals surface area contributed by atoms with Gasteiger partial charge < -0.3 is 10.4 Å². The first kappa shape index (κ1) is 14.3. The van der Waals surface area contributed by atoms with Crippen molar-refractivity contribution in [1.29, 1.82) is 0 Å². The summed E-state index contributed by atoms with van der Waals surface area (Å²) in [6, 6.07) is 9.59. The van der Waals surface area contributed by atoms with Crippen molar-refractivity contribution in [3.8, 4) is 0 Å². The van der Waals surface area contributed by atoms with Crippen molar-refractivity contribution < 1.29 is 5.11 Å². The van der Waals surface area contributed by atoms with E-state index in [0.29, 0.717) is 23.4 Å². The standard InChI is InChI=1S/C15H17N5O2/c1-20-13-12(8-16-20)14(22)19-15(18-13)17-11(9-21)7-10-5-3-2-4-6-10/h2-6,8,11,21H,7,9H2,1H3,(H2,17,18,19,22). The van der Waals surface area contributed by atoms with Crippen molar-refractivity contribution >= 4 is 17.0 Å². The molecule has 1 atom stereocenters. The minimum Gasteiger partial charge on any atom is -0.394 e. The first-order valence-corrected chi connectivity index (χ1v) is 7.00. The molecule has 0 radical (unpaired) electrons. The molecule has 3 N–H and O–H groups in total.